The van der Waals surface area contributed by atoms with E-state index in [2.05, 4.69) is 36.1 Å². The number of carbonyl (C=O) groups excluding carboxylic acids is 2. The first-order chi connectivity index (χ1) is 13.0. The molecule has 1 aromatic carbocycles. The van der Waals surface area contributed by atoms with Crippen molar-refractivity contribution in [3.63, 3.8) is 0 Å². The van der Waals surface area contributed by atoms with Crippen molar-refractivity contribution in [1.82, 2.24) is 14.9 Å². The number of hydrogen-bond donors (Lipinski definition) is 1. The Balaban J connectivity index is 1.49. The number of carbonyl (C=O) groups is 2. The first kappa shape index (κ1) is 19.3. The maximum atomic E-state index is 12.7. The predicted octanol–water partition coefficient (Wildman–Crippen LogP) is 2.55. The van der Waals surface area contributed by atoms with Gasteiger partial charge in [0.1, 0.15) is 5.82 Å². The third kappa shape index (κ3) is 5.03. The van der Waals surface area contributed by atoms with Crippen LogP contribution < -0.4 is 10.2 Å². The van der Waals surface area contributed by atoms with E-state index in [9.17, 15) is 9.59 Å². The monoisotopic (exact) mass is 431 g/mol. The lowest BCUT2D eigenvalue weighted by molar-refractivity contribution is -0.137. The first-order valence-corrected chi connectivity index (χ1v) is 9.64. The number of benzene rings is 1. The molecule has 1 aromatic heterocycles. The molecule has 0 saturated carbocycles. The zero-order valence-electron chi connectivity index (χ0n) is 15.1. The van der Waals surface area contributed by atoms with E-state index in [0.29, 0.717) is 5.69 Å². The molecule has 2 amide bonds. The number of nitrogens with zero attached hydrogens (tertiary/aromatic N) is 4. The van der Waals surface area contributed by atoms with Crippen LogP contribution in [-0.2, 0) is 9.59 Å². The third-order valence-electron chi connectivity index (χ3n) is 4.62. The molecular formula is C19H22BrN5O2. The van der Waals surface area contributed by atoms with Crippen LogP contribution in [0.4, 0.5) is 11.5 Å². The maximum absolute atomic E-state index is 12.7. The Morgan fingerprint density at radius 1 is 1.26 bits per heavy atom. The van der Waals surface area contributed by atoms with Crippen LogP contribution >= 0.6 is 15.9 Å². The molecule has 3 rings (SSSR count). The van der Waals surface area contributed by atoms with E-state index in [1.807, 2.05) is 24.3 Å². The lowest BCUT2D eigenvalue weighted by atomic mass is 9.95. The summed E-state index contributed by atoms with van der Waals surface area (Å²) in [5.74, 6) is 0.564. The summed E-state index contributed by atoms with van der Waals surface area (Å²) in [4.78, 5) is 37.0. The molecule has 0 atom stereocenters. The van der Waals surface area contributed by atoms with Gasteiger partial charge >= 0.3 is 0 Å². The summed E-state index contributed by atoms with van der Waals surface area (Å²) in [5.41, 5.74) is 0.695. The van der Waals surface area contributed by atoms with Crippen LogP contribution in [0.25, 0.3) is 0 Å². The highest BCUT2D eigenvalue weighted by Gasteiger charge is 2.28. The van der Waals surface area contributed by atoms with Gasteiger partial charge in [-0.1, -0.05) is 12.1 Å². The van der Waals surface area contributed by atoms with Gasteiger partial charge in [0, 0.05) is 42.9 Å². The number of para-hydroxylation sites is 1. The zero-order chi connectivity index (χ0) is 19.2. The fraction of sp³-hybridized carbons (Fsp3) is 0.368. The summed E-state index contributed by atoms with van der Waals surface area (Å²) in [6, 6.07) is 7.39. The molecule has 2 heterocycles. The second kappa shape index (κ2) is 8.94. The second-order valence-electron chi connectivity index (χ2n) is 6.55. The number of hydrogen-bond acceptors (Lipinski definition) is 5. The third-order valence-corrected chi connectivity index (χ3v) is 5.31. The van der Waals surface area contributed by atoms with E-state index in [0.717, 1.165) is 36.2 Å². The number of amides is 2. The number of likely N-dealkylation sites (N-methyl/N-ethyl adjacent to an activating group) is 1. The molecular weight excluding hydrogens is 410 g/mol. The van der Waals surface area contributed by atoms with Gasteiger partial charge in [-0.05, 0) is 40.9 Å². The average molecular weight is 432 g/mol. The van der Waals surface area contributed by atoms with Crippen LogP contribution in [0.2, 0.25) is 0 Å². The van der Waals surface area contributed by atoms with E-state index < -0.39 is 0 Å². The zero-order valence-corrected chi connectivity index (χ0v) is 16.7. The SMILES string of the molecule is CN(CC(=O)Nc1ccccc1Br)C(=O)C1CCN(c2cnccn2)CC1. The van der Waals surface area contributed by atoms with Crippen LogP contribution in [0.15, 0.2) is 47.3 Å². The standard InChI is InChI=1S/C19H22BrN5O2/c1-24(13-18(26)23-16-5-3-2-4-15(16)20)19(27)14-6-10-25(11-7-14)17-12-21-8-9-22-17/h2-5,8-9,12,14H,6-7,10-11,13H2,1H3,(H,23,26). The fourth-order valence-electron chi connectivity index (χ4n) is 3.17. The van der Waals surface area contributed by atoms with E-state index in [-0.39, 0.29) is 24.3 Å². The molecule has 1 saturated heterocycles. The molecule has 27 heavy (non-hydrogen) atoms. The van der Waals surface area contributed by atoms with E-state index in [1.54, 1.807) is 25.6 Å². The molecule has 2 aromatic rings. The number of aromatic nitrogens is 2. The Bertz CT molecular complexity index is 794. The molecule has 7 nitrogen and oxygen atoms in total. The average Bonchev–Trinajstić information content (AvgIpc) is 2.70. The molecule has 8 heteroatoms. The number of halogens is 1. The van der Waals surface area contributed by atoms with Gasteiger partial charge in [-0.15, -0.1) is 0 Å². The molecule has 0 radical (unpaired) electrons. The molecule has 0 spiro atoms. The summed E-state index contributed by atoms with van der Waals surface area (Å²) in [6.07, 6.45) is 6.54. The Hall–Kier alpha value is -2.48. The van der Waals surface area contributed by atoms with E-state index in [4.69, 9.17) is 0 Å². The fourth-order valence-corrected chi connectivity index (χ4v) is 3.55. The molecule has 1 aliphatic heterocycles. The summed E-state index contributed by atoms with van der Waals surface area (Å²) >= 11 is 3.40. The van der Waals surface area contributed by atoms with Gasteiger partial charge in [-0.3, -0.25) is 14.6 Å². The smallest absolute Gasteiger partial charge is 0.244 e. The highest BCUT2D eigenvalue weighted by molar-refractivity contribution is 9.10. The van der Waals surface area contributed by atoms with Crippen molar-refractivity contribution in [3.05, 3.63) is 47.3 Å². The summed E-state index contributed by atoms with van der Waals surface area (Å²) < 4.78 is 0.809. The molecule has 142 valence electrons. The highest BCUT2D eigenvalue weighted by Crippen LogP contribution is 2.23. The minimum Gasteiger partial charge on any atom is -0.355 e. The minimum absolute atomic E-state index is 0.0103. The van der Waals surface area contributed by atoms with Crippen molar-refractivity contribution in [2.45, 2.75) is 12.8 Å². The summed E-state index contributed by atoms with van der Waals surface area (Å²) in [5, 5.41) is 2.82. The molecule has 1 fully saturated rings. The maximum Gasteiger partial charge on any atom is 0.244 e. The van der Waals surface area contributed by atoms with Gasteiger partial charge in [0.05, 0.1) is 18.4 Å². The van der Waals surface area contributed by atoms with Crippen molar-refractivity contribution < 1.29 is 9.59 Å². The molecule has 0 aliphatic carbocycles. The van der Waals surface area contributed by atoms with Gasteiger partial charge in [0.15, 0.2) is 0 Å². The van der Waals surface area contributed by atoms with Crippen molar-refractivity contribution in [1.29, 1.82) is 0 Å². The topological polar surface area (TPSA) is 78.4 Å². The first-order valence-electron chi connectivity index (χ1n) is 8.85. The molecule has 0 unspecified atom stereocenters. The predicted molar refractivity (Wildman–Crippen MR) is 107 cm³/mol. The molecule has 0 bridgehead atoms. The van der Waals surface area contributed by atoms with Crippen molar-refractivity contribution in [2.24, 2.45) is 5.92 Å². The Morgan fingerprint density at radius 3 is 2.67 bits per heavy atom. The lowest BCUT2D eigenvalue weighted by Gasteiger charge is -2.33. The van der Waals surface area contributed by atoms with Gasteiger partial charge in [0.2, 0.25) is 11.8 Å². The van der Waals surface area contributed by atoms with Crippen molar-refractivity contribution >= 4 is 39.2 Å². The van der Waals surface area contributed by atoms with Crippen LogP contribution in [0.1, 0.15) is 12.8 Å². The normalized spacial score (nSPS) is 14.7. The summed E-state index contributed by atoms with van der Waals surface area (Å²) in [7, 11) is 1.68. The lowest BCUT2D eigenvalue weighted by Crippen LogP contribution is -2.43. The van der Waals surface area contributed by atoms with E-state index >= 15 is 0 Å². The number of rotatable bonds is 5. The van der Waals surface area contributed by atoms with Crippen LogP contribution in [0, 0.1) is 5.92 Å². The number of anilines is 2. The number of nitrogens with one attached hydrogen (secondary N) is 1. The van der Waals surface area contributed by atoms with Crippen LogP contribution in [0.3, 0.4) is 0 Å². The van der Waals surface area contributed by atoms with Gasteiger partial charge in [-0.25, -0.2) is 4.98 Å². The molecule has 1 N–H and O–H groups in total. The van der Waals surface area contributed by atoms with Gasteiger partial charge in [0.25, 0.3) is 0 Å². The Labute approximate surface area is 166 Å². The largest absolute Gasteiger partial charge is 0.355 e. The minimum atomic E-state index is -0.213. The highest BCUT2D eigenvalue weighted by atomic mass is 79.9. The van der Waals surface area contributed by atoms with Crippen LogP contribution in [-0.4, -0.2) is 53.4 Å². The number of piperidine rings is 1. The van der Waals surface area contributed by atoms with Crippen molar-refractivity contribution in [3.8, 4) is 0 Å². The van der Waals surface area contributed by atoms with Gasteiger partial charge < -0.3 is 15.1 Å². The van der Waals surface area contributed by atoms with Crippen molar-refractivity contribution in [2.75, 3.05) is 36.9 Å². The Kier molecular flexibility index (Phi) is 6.39. The van der Waals surface area contributed by atoms with Gasteiger partial charge in [-0.2, -0.15) is 0 Å². The second-order valence-corrected chi connectivity index (χ2v) is 7.40. The summed E-state index contributed by atoms with van der Waals surface area (Å²) in [6.45, 7) is 1.54. The van der Waals surface area contributed by atoms with E-state index in [1.165, 1.54) is 4.90 Å². The Morgan fingerprint density at radius 2 is 2.00 bits per heavy atom. The van der Waals surface area contributed by atoms with Crippen LogP contribution in [0.5, 0.6) is 0 Å². The molecule has 1 aliphatic rings. The quantitative estimate of drug-likeness (QED) is 0.786.